The summed E-state index contributed by atoms with van der Waals surface area (Å²) in [5, 5.41) is 8.20. The quantitative estimate of drug-likeness (QED) is 0.751. The number of amides is 2. The topological polar surface area (TPSA) is 76.5 Å². The zero-order valence-corrected chi connectivity index (χ0v) is 15.1. The summed E-state index contributed by atoms with van der Waals surface area (Å²) in [6.45, 7) is 2.28. The van der Waals surface area contributed by atoms with Crippen LogP contribution in [0.2, 0.25) is 0 Å². The molecular weight excluding hydrogens is 363 g/mol. The average molecular weight is 382 g/mol. The highest BCUT2D eigenvalue weighted by Crippen LogP contribution is 2.21. The maximum absolute atomic E-state index is 13.9. The fraction of sp³-hybridized carbons (Fsp3) is 0.250. The van der Waals surface area contributed by atoms with Crippen molar-refractivity contribution in [1.82, 2.24) is 14.7 Å². The van der Waals surface area contributed by atoms with Gasteiger partial charge in [0.25, 0.3) is 5.91 Å². The summed E-state index contributed by atoms with van der Waals surface area (Å²) >= 11 is 0. The van der Waals surface area contributed by atoms with E-state index in [9.17, 15) is 14.0 Å². The van der Waals surface area contributed by atoms with Crippen molar-refractivity contribution in [2.24, 2.45) is 0 Å². The predicted molar refractivity (Wildman–Crippen MR) is 101 cm³/mol. The zero-order chi connectivity index (χ0) is 19.5. The summed E-state index contributed by atoms with van der Waals surface area (Å²) in [5.41, 5.74) is 0.231. The molecule has 2 aromatic carbocycles. The van der Waals surface area contributed by atoms with Crippen LogP contribution in [0.15, 0.2) is 48.7 Å². The molecule has 1 fully saturated rings. The molecule has 1 saturated heterocycles. The highest BCUT2D eigenvalue weighted by atomic mass is 19.1. The SMILES string of the molecule is O=C(Nc1ccn(CC(=O)N2CCOCC2)n1)c1cc(F)cc2ccccc12. The minimum Gasteiger partial charge on any atom is -0.378 e. The van der Waals surface area contributed by atoms with Crippen LogP contribution >= 0.6 is 0 Å². The third kappa shape index (κ3) is 3.86. The largest absolute Gasteiger partial charge is 0.378 e. The molecule has 4 rings (SSSR count). The Bertz CT molecular complexity index is 1030. The second-order valence-corrected chi connectivity index (χ2v) is 6.52. The molecule has 3 aromatic rings. The molecule has 7 nitrogen and oxygen atoms in total. The molecule has 0 aliphatic carbocycles. The van der Waals surface area contributed by atoms with Crippen molar-refractivity contribution in [3.8, 4) is 0 Å². The maximum atomic E-state index is 13.9. The highest BCUT2D eigenvalue weighted by molar-refractivity contribution is 6.12. The van der Waals surface area contributed by atoms with E-state index in [1.165, 1.54) is 16.8 Å². The van der Waals surface area contributed by atoms with E-state index in [0.29, 0.717) is 42.9 Å². The first kappa shape index (κ1) is 18.1. The molecule has 28 heavy (non-hydrogen) atoms. The van der Waals surface area contributed by atoms with Gasteiger partial charge in [-0.05, 0) is 22.9 Å². The Morgan fingerprint density at radius 2 is 1.93 bits per heavy atom. The molecule has 0 spiro atoms. The summed E-state index contributed by atoms with van der Waals surface area (Å²) < 4.78 is 20.6. The Morgan fingerprint density at radius 1 is 1.14 bits per heavy atom. The molecule has 0 unspecified atom stereocenters. The molecule has 1 aliphatic heterocycles. The number of aromatic nitrogens is 2. The number of anilines is 1. The Hall–Kier alpha value is -3.26. The minimum atomic E-state index is -0.481. The molecule has 144 valence electrons. The van der Waals surface area contributed by atoms with Gasteiger partial charge < -0.3 is 15.0 Å². The van der Waals surface area contributed by atoms with E-state index >= 15 is 0 Å². The first-order valence-electron chi connectivity index (χ1n) is 8.99. The maximum Gasteiger partial charge on any atom is 0.257 e. The summed E-state index contributed by atoms with van der Waals surface area (Å²) in [6, 6.07) is 11.3. The lowest BCUT2D eigenvalue weighted by Crippen LogP contribution is -2.42. The van der Waals surface area contributed by atoms with E-state index < -0.39 is 11.7 Å². The van der Waals surface area contributed by atoms with Crippen molar-refractivity contribution in [2.75, 3.05) is 31.6 Å². The molecule has 0 bridgehead atoms. The number of rotatable bonds is 4. The van der Waals surface area contributed by atoms with E-state index in [2.05, 4.69) is 10.4 Å². The summed E-state index contributed by atoms with van der Waals surface area (Å²) in [7, 11) is 0. The fourth-order valence-electron chi connectivity index (χ4n) is 3.21. The van der Waals surface area contributed by atoms with Gasteiger partial charge >= 0.3 is 0 Å². The third-order valence-corrected chi connectivity index (χ3v) is 4.61. The van der Waals surface area contributed by atoms with Gasteiger partial charge in [-0.25, -0.2) is 4.39 Å². The van der Waals surface area contributed by atoms with E-state index in [1.807, 2.05) is 0 Å². The van der Waals surface area contributed by atoms with Gasteiger partial charge in [0, 0.05) is 25.4 Å². The molecule has 2 amide bonds. The Labute approximate surface area is 160 Å². The van der Waals surface area contributed by atoms with Gasteiger partial charge in [-0.3, -0.25) is 14.3 Å². The molecule has 0 radical (unpaired) electrons. The number of halogens is 1. The van der Waals surface area contributed by atoms with Gasteiger partial charge in [-0.2, -0.15) is 5.10 Å². The van der Waals surface area contributed by atoms with Crippen LogP contribution in [0, 0.1) is 5.82 Å². The number of ether oxygens (including phenoxy) is 1. The second kappa shape index (κ2) is 7.77. The highest BCUT2D eigenvalue weighted by Gasteiger charge is 2.18. The number of hydrogen-bond acceptors (Lipinski definition) is 4. The smallest absolute Gasteiger partial charge is 0.257 e. The Balaban J connectivity index is 1.47. The minimum absolute atomic E-state index is 0.0552. The number of carbonyl (C=O) groups excluding carboxylic acids is 2. The predicted octanol–water partition coefficient (Wildman–Crippen LogP) is 2.29. The number of fused-ring (bicyclic) bond motifs is 1. The number of morpholine rings is 1. The third-order valence-electron chi connectivity index (χ3n) is 4.61. The van der Waals surface area contributed by atoms with Crippen molar-refractivity contribution in [3.05, 3.63) is 60.0 Å². The van der Waals surface area contributed by atoms with Gasteiger partial charge in [0.15, 0.2) is 5.82 Å². The summed E-state index contributed by atoms with van der Waals surface area (Å²) in [5.74, 6) is -0.695. The van der Waals surface area contributed by atoms with Crippen molar-refractivity contribution < 1.29 is 18.7 Å². The van der Waals surface area contributed by atoms with E-state index in [1.54, 1.807) is 41.4 Å². The van der Waals surface area contributed by atoms with Crippen LogP contribution in [-0.2, 0) is 16.1 Å². The van der Waals surface area contributed by atoms with Crippen LogP contribution in [0.4, 0.5) is 10.2 Å². The number of benzene rings is 2. The lowest BCUT2D eigenvalue weighted by atomic mass is 10.0. The molecule has 2 heterocycles. The first-order valence-corrected chi connectivity index (χ1v) is 8.99. The van der Waals surface area contributed by atoms with E-state index in [4.69, 9.17) is 4.74 Å². The molecule has 1 aliphatic rings. The van der Waals surface area contributed by atoms with E-state index in [-0.39, 0.29) is 18.0 Å². The van der Waals surface area contributed by atoms with Crippen molar-refractivity contribution in [1.29, 1.82) is 0 Å². The van der Waals surface area contributed by atoms with Crippen LogP contribution in [0.5, 0.6) is 0 Å². The van der Waals surface area contributed by atoms with Crippen LogP contribution in [0.25, 0.3) is 10.8 Å². The lowest BCUT2D eigenvalue weighted by Gasteiger charge is -2.26. The molecular formula is C20H19FN4O3. The standard InChI is InChI=1S/C20H19FN4O3/c21-15-11-14-3-1-2-4-16(14)17(12-15)20(27)22-18-5-6-25(23-18)13-19(26)24-7-9-28-10-8-24/h1-6,11-12H,7-10,13H2,(H,22,23,27). The molecule has 1 aromatic heterocycles. The summed E-state index contributed by atoms with van der Waals surface area (Å²) in [6.07, 6.45) is 1.62. The summed E-state index contributed by atoms with van der Waals surface area (Å²) in [4.78, 5) is 26.7. The zero-order valence-electron chi connectivity index (χ0n) is 15.1. The van der Waals surface area contributed by atoms with Crippen LogP contribution in [-0.4, -0.2) is 52.8 Å². The molecule has 0 atom stereocenters. The van der Waals surface area contributed by atoms with E-state index in [0.717, 1.165) is 0 Å². The number of hydrogen-bond donors (Lipinski definition) is 1. The number of nitrogens with one attached hydrogen (secondary N) is 1. The van der Waals surface area contributed by atoms with Gasteiger partial charge in [0.1, 0.15) is 12.4 Å². The first-order chi connectivity index (χ1) is 13.6. The molecule has 8 heteroatoms. The van der Waals surface area contributed by atoms with Crippen LogP contribution in [0.3, 0.4) is 0 Å². The van der Waals surface area contributed by atoms with Gasteiger partial charge in [-0.15, -0.1) is 0 Å². The van der Waals surface area contributed by atoms with Gasteiger partial charge in [0.2, 0.25) is 5.91 Å². The number of nitrogens with zero attached hydrogens (tertiary/aromatic N) is 3. The Morgan fingerprint density at radius 3 is 2.75 bits per heavy atom. The van der Waals surface area contributed by atoms with Crippen molar-refractivity contribution in [2.45, 2.75) is 6.54 Å². The average Bonchev–Trinajstić information content (AvgIpc) is 3.14. The van der Waals surface area contributed by atoms with Crippen LogP contribution < -0.4 is 5.32 Å². The number of carbonyl (C=O) groups is 2. The second-order valence-electron chi connectivity index (χ2n) is 6.52. The van der Waals surface area contributed by atoms with Crippen LogP contribution in [0.1, 0.15) is 10.4 Å². The van der Waals surface area contributed by atoms with Crippen molar-refractivity contribution in [3.63, 3.8) is 0 Å². The van der Waals surface area contributed by atoms with Crippen molar-refractivity contribution >= 4 is 28.4 Å². The van der Waals surface area contributed by atoms with Gasteiger partial charge in [-0.1, -0.05) is 24.3 Å². The normalized spacial score (nSPS) is 14.2. The van der Waals surface area contributed by atoms with Gasteiger partial charge in [0.05, 0.1) is 18.8 Å². The molecule has 1 N–H and O–H groups in total. The molecule has 0 saturated carbocycles. The lowest BCUT2D eigenvalue weighted by molar-refractivity contribution is -0.136. The monoisotopic (exact) mass is 382 g/mol. The fourth-order valence-corrected chi connectivity index (χ4v) is 3.21. The Kier molecular flexibility index (Phi) is 5.03.